The van der Waals surface area contributed by atoms with Gasteiger partial charge in [0.1, 0.15) is 6.61 Å². The lowest BCUT2D eigenvalue weighted by Crippen LogP contribution is -2.06. The fourth-order valence-corrected chi connectivity index (χ4v) is 1.70. The van der Waals surface area contributed by atoms with Crippen molar-refractivity contribution in [1.29, 1.82) is 0 Å². The molecule has 0 spiro atoms. The molecule has 0 unspecified atom stereocenters. The van der Waals surface area contributed by atoms with Crippen LogP contribution in [0.1, 0.15) is 17.3 Å². The highest BCUT2D eigenvalue weighted by Crippen LogP contribution is 2.34. The zero-order valence-corrected chi connectivity index (χ0v) is 10.5. The van der Waals surface area contributed by atoms with Crippen LogP contribution in [0.5, 0.6) is 11.5 Å². The number of aldehydes is 1. The Hall–Kier alpha value is -1.07. The van der Waals surface area contributed by atoms with Crippen molar-refractivity contribution in [1.82, 2.24) is 0 Å². The molecule has 1 aromatic carbocycles. The van der Waals surface area contributed by atoms with E-state index in [1.54, 1.807) is 12.1 Å². The van der Waals surface area contributed by atoms with Crippen molar-refractivity contribution in [2.45, 2.75) is 6.92 Å². The standard InChI is InChI=1S/C11H13BrO4/c1-2-15-10-6-9(12)5-8(7-14)11(10)16-4-3-13/h5-7,13H,2-4H2,1H3. The highest BCUT2D eigenvalue weighted by molar-refractivity contribution is 9.10. The molecule has 1 aromatic rings. The lowest BCUT2D eigenvalue weighted by atomic mass is 10.2. The predicted molar refractivity (Wildman–Crippen MR) is 63.3 cm³/mol. The van der Waals surface area contributed by atoms with Gasteiger partial charge >= 0.3 is 0 Å². The predicted octanol–water partition coefficient (Wildman–Crippen LogP) is 2.03. The third-order valence-corrected chi connectivity index (χ3v) is 2.27. The topological polar surface area (TPSA) is 55.8 Å². The van der Waals surface area contributed by atoms with Gasteiger partial charge in [0.2, 0.25) is 0 Å². The van der Waals surface area contributed by atoms with Crippen LogP contribution in [0.15, 0.2) is 16.6 Å². The van der Waals surface area contributed by atoms with Gasteiger partial charge in [-0.05, 0) is 19.1 Å². The highest BCUT2D eigenvalue weighted by Gasteiger charge is 2.12. The Bertz CT molecular complexity index is 365. The Labute approximate surface area is 102 Å². The molecule has 0 aliphatic carbocycles. The molecule has 0 saturated heterocycles. The average molecular weight is 289 g/mol. The zero-order valence-electron chi connectivity index (χ0n) is 8.90. The van der Waals surface area contributed by atoms with E-state index in [1.807, 2.05) is 6.92 Å². The van der Waals surface area contributed by atoms with Crippen molar-refractivity contribution >= 4 is 22.2 Å². The first-order valence-electron chi connectivity index (χ1n) is 4.88. The van der Waals surface area contributed by atoms with E-state index in [9.17, 15) is 4.79 Å². The first kappa shape index (κ1) is 13.0. The minimum Gasteiger partial charge on any atom is -0.490 e. The molecular weight excluding hydrogens is 276 g/mol. The number of hydrogen-bond acceptors (Lipinski definition) is 4. The molecule has 16 heavy (non-hydrogen) atoms. The number of carbonyl (C=O) groups excluding carboxylic acids is 1. The first-order valence-corrected chi connectivity index (χ1v) is 5.67. The van der Waals surface area contributed by atoms with Crippen molar-refractivity contribution in [2.75, 3.05) is 19.8 Å². The molecule has 0 aromatic heterocycles. The smallest absolute Gasteiger partial charge is 0.171 e. The number of ether oxygens (including phenoxy) is 2. The number of benzene rings is 1. The summed E-state index contributed by atoms with van der Waals surface area (Å²) in [6.45, 7) is 2.34. The van der Waals surface area contributed by atoms with Crippen LogP contribution in [0.3, 0.4) is 0 Å². The van der Waals surface area contributed by atoms with Gasteiger partial charge in [-0.25, -0.2) is 0 Å². The molecule has 1 N–H and O–H groups in total. The second-order valence-corrected chi connectivity index (χ2v) is 3.86. The van der Waals surface area contributed by atoms with Gasteiger partial charge in [-0.3, -0.25) is 4.79 Å². The van der Waals surface area contributed by atoms with Crippen molar-refractivity contribution in [2.24, 2.45) is 0 Å². The maximum absolute atomic E-state index is 10.9. The number of aliphatic hydroxyl groups is 1. The molecule has 5 heteroatoms. The highest BCUT2D eigenvalue weighted by atomic mass is 79.9. The number of halogens is 1. The van der Waals surface area contributed by atoms with Gasteiger partial charge in [0.25, 0.3) is 0 Å². The largest absolute Gasteiger partial charge is 0.490 e. The van der Waals surface area contributed by atoms with Crippen LogP contribution < -0.4 is 9.47 Å². The van der Waals surface area contributed by atoms with E-state index in [2.05, 4.69) is 15.9 Å². The Morgan fingerprint density at radius 2 is 2.19 bits per heavy atom. The first-order chi connectivity index (χ1) is 7.72. The van der Waals surface area contributed by atoms with Gasteiger partial charge in [-0.15, -0.1) is 0 Å². The molecule has 0 aliphatic rings. The van der Waals surface area contributed by atoms with E-state index in [0.717, 1.165) is 4.47 Å². The molecule has 0 atom stereocenters. The van der Waals surface area contributed by atoms with Crippen molar-refractivity contribution in [3.63, 3.8) is 0 Å². The van der Waals surface area contributed by atoms with E-state index in [0.29, 0.717) is 30.0 Å². The normalized spacial score (nSPS) is 9.94. The summed E-state index contributed by atoms with van der Waals surface area (Å²) in [5, 5.41) is 8.70. The van der Waals surface area contributed by atoms with E-state index in [4.69, 9.17) is 14.6 Å². The number of aliphatic hydroxyl groups excluding tert-OH is 1. The lowest BCUT2D eigenvalue weighted by Gasteiger charge is -2.13. The summed E-state index contributed by atoms with van der Waals surface area (Å²) in [5.41, 5.74) is 0.395. The fourth-order valence-electron chi connectivity index (χ4n) is 1.24. The van der Waals surface area contributed by atoms with Crippen LogP contribution in [0.2, 0.25) is 0 Å². The van der Waals surface area contributed by atoms with Gasteiger partial charge in [0.15, 0.2) is 17.8 Å². The van der Waals surface area contributed by atoms with Crippen LogP contribution >= 0.6 is 15.9 Å². The van der Waals surface area contributed by atoms with Crippen LogP contribution in [-0.2, 0) is 0 Å². The fraction of sp³-hybridized carbons (Fsp3) is 0.364. The number of rotatable bonds is 6. The van der Waals surface area contributed by atoms with Crippen molar-refractivity contribution in [3.8, 4) is 11.5 Å². The van der Waals surface area contributed by atoms with Crippen LogP contribution in [0.25, 0.3) is 0 Å². The summed E-state index contributed by atoms with van der Waals surface area (Å²) in [7, 11) is 0. The molecular formula is C11H13BrO4. The maximum Gasteiger partial charge on any atom is 0.171 e. The van der Waals surface area contributed by atoms with E-state index in [1.165, 1.54) is 0 Å². The van der Waals surface area contributed by atoms with Gasteiger partial charge in [-0.2, -0.15) is 0 Å². The van der Waals surface area contributed by atoms with Crippen molar-refractivity contribution in [3.05, 3.63) is 22.2 Å². The minimum absolute atomic E-state index is 0.111. The Morgan fingerprint density at radius 3 is 2.75 bits per heavy atom. The zero-order chi connectivity index (χ0) is 12.0. The molecule has 0 amide bonds. The van der Waals surface area contributed by atoms with Gasteiger partial charge in [0, 0.05) is 4.47 Å². The Morgan fingerprint density at radius 1 is 1.44 bits per heavy atom. The molecule has 0 radical (unpaired) electrons. The third-order valence-electron chi connectivity index (χ3n) is 1.81. The minimum atomic E-state index is -0.111. The Kier molecular flexibility index (Phi) is 5.28. The molecule has 1 rings (SSSR count). The summed E-state index contributed by atoms with van der Waals surface area (Å²) in [6.07, 6.45) is 0.694. The second kappa shape index (κ2) is 6.50. The molecule has 0 saturated carbocycles. The van der Waals surface area contributed by atoms with Crippen LogP contribution in [0, 0.1) is 0 Å². The summed E-state index contributed by atoms with van der Waals surface area (Å²) < 4.78 is 11.4. The van der Waals surface area contributed by atoms with Crippen LogP contribution in [-0.4, -0.2) is 31.2 Å². The van der Waals surface area contributed by atoms with E-state index in [-0.39, 0.29) is 13.2 Å². The molecule has 0 heterocycles. The van der Waals surface area contributed by atoms with Gasteiger partial charge in [0.05, 0.1) is 18.8 Å². The quantitative estimate of drug-likeness (QED) is 0.814. The van der Waals surface area contributed by atoms with E-state index < -0.39 is 0 Å². The number of carbonyl (C=O) groups is 1. The summed E-state index contributed by atoms with van der Waals surface area (Å²) in [6, 6.07) is 3.37. The monoisotopic (exact) mass is 288 g/mol. The number of hydrogen-bond donors (Lipinski definition) is 1. The van der Waals surface area contributed by atoms with Gasteiger partial charge in [-0.1, -0.05) is 15.9 Å². The van der Waals surface area contributed by atoms with Crippen molar-refractivity contribution < 1.29 is 19.4 Å². The Balaban J connectivity index is 3.10. The summed E-state index contributed by atoms with van der Waals surface area (Å²) in [4.78, 5) is 10.9. The molecule has 88 valence electrons. The molecule has 0 aliphatic heterocycles. The van der Waals surface area contributed by atoms with Gasteiger partial charge < -0.3 is 14.6 Å². The van der Waals surface area contributed by atoms with Crippen LogP contribution in [0.4, 0.5) is 0 Å². The third kappa shape index (κ3) is 3.21. The maximum atomic E-state index is 10.9. The second-order valence-electron chi connectivity index (χ2n) is 2.95. The molecule has 4 nitrogen and oxygen atoms in total. The SMILES string of the molecule is CCOc1cc(Br)cc(C=O)c1OCCO. The average Bonchev–Trinajstić information content (AvgIpc) is 2.27. The molecule has 0 fully saturated rings. The molecule has 0 bridgehead atoms. The summed E-state index contributed by atoms with van der Waals surface area (Å²) in [5.74, 6) is 0.863. The summed E-state index contributed by atoms with van der Waals surface area (Å²) >= 11 is 3.28. The van der Waals surface area contributed by atoms with E-state index >= 15 is 0 Å². The lowest BCUT2D eigenvalue weighted by molar-refractivity contribution is 0.111.